The van der Waals surface area contributed by atoms with Gasteiger partial charge in [-0.2, -0.15) is 0 Å². The third-order valence-electron chi connectivity index (χ3n) is 14.2. The molecule has 4 saturated carbocycles. The highest BCUT2D eigenvalue weighted by Crippen LogP contribution is 2.76. The summed E-state index contributed by atoms with van der Waals surface area (Å²) in [5.74, 6) is 3.36. The van der Waals surface area contributed by atoms with E-state index in [1.54, 1.807) is 13.8 Å². The lowest BCUT2D eigenvalue weighted by molar-refractivity contribution is -0.199. The van der Waals surface area contributed by atoms with E-state index in [9.17, 15) is 15.3 Å². The van der Waals surface area contributed by atoms with Crippen LogP contribution in [0.1, 0.15) is 121 Å². The van der Waals surface area contributed by atoms with Crippen LogP contribution in [0.4, 0.5) is 0 Å². The Bertz CT molecular complexity index is 784. The van der Waals surface area contributed by atoms with Crippen molar-refractivity contribution in [2.45, 2.75) is 138 Å². The van der Waals surface area contributed by atoms with Crippen molar-refractivity contribution in [1.29, 1.82) is 0 Å². The molecule has 35 heavy (non-hydrogen) atoms. The first kappa shape index (κ1) is 27.9. The first-order chi connectivity index (χ1) is 15.9. The van der Waals surface area contributed by atoms with Crippen LogP contribution < -0.4 is 0 Å². The van der Waals surface area contributed by atoms with Crippen molar-refractivity contribution in [2.24, 2.45) is 63.1 Å². The smallest absolute Gasteiger partial charge is 0.0854 e. The highest BCUT2D eigenvalue weighted by atomic mass is 16.3. The number of hydrogen-bond acceptors (Lipinski definition) is 3. The first-order valence-corrected chi connectivity index (χ1v) is 15.0. The maximum absolute atomic E-state index is 11.3. The van der Waals surface area contributed by atoms with Crippen LogP contribution >= 0.6 is 0 Å². The summed E-state index contributed by atoms with van der Waals surface area (Å²) in [6.07, 6.45) is 8.80. The van der Waals surface area contributed by atoms with Crippen LogP contribution in [0.5, 0.6) is 0 Å². The van der Waals surface area contributed by atoms with Crippen LogP contribution in [0, 0.1) is 63.1 Å². The average molecular weight is 491 g/mol. The number of hydrogen-bond donors (Lipinski definition) is 3. The zero-order chi connectivity index (χ0) is 26.4. The van der Waals surface area contributed by atoms with E-state index in [0.29, 0.717) is 22.2 Å². The lowest BCUT2D eigenvalue weighted by Crippen LogP contribution is -2.61. The van der Waals surface area contributed by atoms with E-state index in [1.807, 2.05) is 6.92 Å². The molecule has 0 bridgehead atoms. The van der Waals surface area contributed by atoms with Crippen molar-refractivity contribution < 1.29 is 15.3 Å². The second kappa shape index (κ2) is 8.70. The lowest BCUT2D eigenvalue weighted by atomic mass is 9.36. The third-order valence-corrected chi connectivity index (χ3v) is 14.2. The molecule has 3 nitrogen and oxygen atoms in total. The van der Waals surface area contributed by atoms with E-state index in [1.165, 1.54) is 44.9 Å². The van der Waals surface area contributed by atoms with Crippen LogP contribution in [0.25, 0.3) is 0 Å². The topological polar surface area (TPSA) is 60.7 Å². The predicted molar refractivity (Wildman–Crippen MR) is 145 cm³/mol. The van der Waals surface area contributed by atoms with Gasteiger partial charge in [0.2, 0.25) is 0 Å². The van der Waals surface area contributed by atoms with Gasteiger partial charge >= 0.3 is 0 Å². The fourth-order valence-electron chi connectivity index (χ4n) is 10.8. The minimum absolute atomic E-state index is 0.0248. The quantitative estimate of drug-likeness (QED) is 0.386. The first-order valence-electron chi connectivity index (χ1n) is 15.0. The van der Waals surface area contributed by atoms with Gasteiger partial charge in [-0.05, 0) is 122 Å². The van der Waals surface area contributed by atoms with Crippen molar-refractivity contribution in [3.05, 3.63) is 0 Å². The second-order valence-corrected chi connectivity index (χ2v) is 15.9. The Morgan fingerprint density at radius 1 is 0.743 bits per heavy atom. The molecule has 3 unspecified atom stereocenters. The molecule has 0 spiro atoms. The molecule has 0 amide bonds. The summed E-state index contributed by atoms with van der Waals surface area (Å²) in [6.45, 7) is 22.9. The third kappa shape index (κ3) is 3.91. The van der Waals surface area contributed by atoms with Crippen LogP contribution in [-0.2, 0) is 0 Å². The molecular weight excluding hydrogens is 432 g/mol. The van der Waals surface area contributed by atoms with Crippen LogP contribution in [0.3, 0.4) is 0 Å². The molecule has 0 radical (unpaired) electrons. The molecule has 0 aromatic carbocycles. The summed E-state index contributed by atoms with van der Waals surface area (Å²) in [4.78, 5) is 0. The summed E-state index contributed by atoms with van der Waals surface area (Å²) >= 11 is 0. The van der Waals surface area contributed by atoms with Crippen molar-refractivity contribution in [3.8, 4) is 0 Å². The second-order valence-electron chi connectivity index (χ2n) is 15.9. The highest BCUT2D eigenvalue weighted by molar-refractivity contribution is 5.17. The van der Waals surface area contributed by atoms with Gasteiger partial charge in [-0.15, -0.1) is 0 Å². The Morgan fingerprint density at radius 3 is 1.94 bits per heavy atom. The SMILES string of the molecule is C[C@H]([C@H](O)[C@@H](O)[C@@H](C)C(C)(C)O)[C@H]1CC[C@@]2(C)C3CCC4C(CC[C@H](C)C4(C)C)[C@]3(C)CC[C@]12C. The van der Waals surface area contributed by atoms with Crippen LogP contribution in [0.15, 0.2) is 0 Å². The summed E-state index contributed by atoms with van der Waals surface area (Å²) < 4.78 is 0. The van der Waals surface area contributed by atoms with Gasteiger partial charge in [0.15, 0.2) is 0 Å². The van der Waals surface area contributed by atoms with Crippen LogP contribution in [-0.4, -0.2) is 33.1 Å². The summed E-state index contributed by atoms with van der Waals surface area (Å²) in [6, 6.07) is 0. The molecule has 0 aromatic rings. The normalized spacial score (nSPS) is 48.8. The highest BCUT2D eigenvalue weighted by Gasteiger charge is 2.68. The van der Waals surface area contributed by atoms with Gasteiger partial charge in [0.05, 0.1) is 17.8 Å². The molecule has 0 heterocycles. The molecule has 0 aliphatic heterocycles. The molecule has 0 saturated heterocycles. The van der Waals surface area contributed by atoms with E-state index in [0.717, 1.165) is 30.1 Å². The fraction of sp³-hybridized carbons (Fsp3) is 1.00. The van der Waals surface area contributed by atoms with Crippen molar-refractivity contribution in [3.63, 3.8) is 0 Å². The molecule has 4 aliphatic carbocycles. The molecule has 12 atom stereocenters. The Balaban J connectivity index is 1.59. The van der Waals surface area contributed by atoms with E-state index in [4.69, 9.17) is 0 Å². The maximum Gasteiger partial charge on any atom is 0.0854 e. The Morgan fingerprint density at radius 2 is 1.34 bits per heavy atom. The summed E-state index contributed by atoms with van der Waals surface area (Å²) in [5, 5.41) is 32.8. The van der Waals surface area contributed by atoms with Crippen molar-refractivity contribution >= 4 is 0 Å². The molecule has 4 aliphatic rings. The number of aliphatic hydroxyl groups is 3. The number of aliphatic hydroxyl groups excluding tert-OH is 2. The number of rotatable bonds is 5. The van der Waals surface area contributed by atoms with E-state index in [-0.39, 0.29) is 17.3 Å². The molecule has 3 heteroatoms. The predicted octanol–water partition coefficient (Wildman–Crippen LogP) is 7.07. The molecule has 4 fully saturated rings. The van der Waals surface area contributed by atoms with Crippen LogP contribution in [0.2, 0.25) is 0 Å². The molecule has 204 valence electrons. The van der Waals surface area contributed by atoms with Gasteiger partial charge < -0.3 is 15.3 Å². The zero-order valence-electron chi connectivity index (χ0n) is 24.7. The minimum atomic E-state index is -1.01. The standard InChI is InChI=1S/C32H58O3/c1-19-11-12-24-23(28(19,4)5)13-14-25-30(24,8)17-18-31(9)22(15-16-32(25,31)10)20(2)26(33)27(34)21(3)29(6,7)35/h19-27,33-35H,11-18H2,1-10H3/t19-,20-,21+,22+,23?,24?,25?,26-,27-,30-,31+,32-/m0/s1. The van der Waals surface area contributed by atoms with Gasteiger partial charge in [0, 0.05) is 5.92 Å². The van der Waals surface area contributed by atoms with E-state index >= 15 is 0 Å². The average Bonchev–Trinajstić information content (AvgIpc) is 3.05. The van der Waals surface area contributed by atoms with E-state index < -0.39 is 17.8 Å². The monoisotopic (exact) mass is 490 g/mol. The lowest BCUT2D eigenvalue weighted by Gasteiger charge is -2.68. The maximum atomic E-state index is 11.3. The molecule has 4 rings (SSSR count). The fourth-order valence-corrected chi connectivity index (χ4v) is 10.8. The number of fused-ring (bicyclic) bond motifs is 5. The van der Waals surface area contributed by atoms with Gasteiger partial charge in [-0.1, -0.05) is 55.4 Å². The Hall–Kier alpha value is -0.120. The largest absolute Gasteiger partial charge is 0.390 e. The Kier molecular flexibility index (Phi) is 6.94. The van der Waals surface area contributed by atoms with Crippen molar-refractivity contribution in [1.82, 2.24) is 0 Å². The van der Waals surface area contributed by atoms with Gasteiger partial charge in [-0.3, -0.25) is 0 Å². The Labute approximate surface area is 216 Å². The minimum Gasteiger partial charge on any atom is -0.390 e. The molecule has 3 N–H and O–H groups in total. The summed E-state index contributed by atoms with van der Waals surface area (Å²) in [7, 11) is 0. The van der Waals surface area contributed by atoms with Gasteiger partial charge in [-0.25, -0.2) is 0 Å². The molecule has 0 aromatic heterocycles. The van der Waals surface area contributed by atoms with Gasteiger partial charge in [0.25, 0.3) is 0 Å². The van der Waals surface area contributed by atoms with Crippen molar-refractivity contribution in [2.75, 3.05) is 0 Å². The zero-order valence-corrected chi connectivity index (χ0v) is 24.7. The summed E-state index contributed by atoms with van der Waals surface area (Å²) in [5.41, 5.74) is 0.358. The van der Waals surface area contributed by atoms with Gasteiger partial charge in [0.1, 0.15) is 0 Å². The molecular formula is C32H58O3. The van der Waals surface area contributed by atoms with E-state index in [2.05, 4.69) is 48.5 Å².